The van der Waals surface area contributed by atoms with Gasteiger partial charge in [-0.25, -0.2) is 4.39 Å². The zero-order valence-electron chi connectivity index (χ0n) is 28.1. The number of aliphatic hydroxyl groups excluding tert-OH is 2. The van der Waals surface area contributed by atoms with E-state index in [4.69, 9.17) is 4.74 Å². The van der Waals surface area contributed by atoms with Crippen LogP contribution in [0, 0.1) is 12.7 Å². The molecule has 47 heavy (non-hydrogen) atoms. The molecule has 2 aromatic carbocycles. The van der Waals surface area contributed by atoms with E-state index in [-0.39, 0.29) is 31.3 Å². The second-order valence-electron chi connectivity index (χ2n) is 13.0. The Balaban J connectivity index is 1.81. The van der Waals surface area contributed by atoms with Gasteiger partial charge in [-0.15, -0.1) is 0 Å². The number of carbonyl (C=O) groups excluding carboxylic acids is 2. The highest BCUT2D eigenvalue weighted by molar-refractivity contribution is 6.06. The van der Waals surface area contributed by atoms with Gasteiger partial charge in [0.05, 0.1) is 30.9 Å². The topological polar surface area (TPSA) is 119 Å². The van der Waals surface area contributed by atoms with Gasteiger partial charge >= 0.3 is 5.97 Å². The van der Waals surface area contributed by atoms with Gasteiger partial charge in [0.1, 0.15) is 17.1 Å². The number of rotatable bonds is 12. The number of aliphatic hydroxyl groups is 2. The Hall–Kier alpha value is -4.54. The average Bonchev–Trinajstić information content (AvgIpc) is 3.50. The lowest BCUT2D eigenvalue weighted by molar-refractivity contribution is -0.157. The summed E-state index contributed by atoms with van der Waals surface area (Å²) in [6.45, 7) is 11.3. The lowest BCUT2D eigenvalue weighted by atomic mass is 9.94. The first-order chi connectivity index (χ1) is 22.1. The number of amides is 1. The molecule has 1 amide bonds. The third-order valence-electron chi connectivity index (χ3n) is 7.58. The number of halogens is 1. The van der Waals surface area contributed by atoms with Crippen molar-refractivity contribution in [2.75, 3.05) is 0 Å². The van der Waals surface area contributed by atoms with E-state index in [1.165, 1.54) is 18.2 Å². The highest BCUT2D eigenvalue weighted by Crippen LogP contribution is 2.42. The molecule has 0 aliphatic carbocycles. The van der Waals surface area contributed by atoms with Crippen LogP contribution < -0.4 is 5.32 Å². The maximum Gasteiger partial charge on any atom is 0.308 e. The SMILES string of the molecule is Cc1cc(CNC(=O)c2c(-c3ccccc3)c(-c3ccc(F)cc3)c(/C=C/[C@@H](O)C[C@@H](O)CC(=O)OC(C)(C)C)n2C(C)C)nn1C. The molecular weight excluding hydrogens is 599 g/mol. The Labute approximate surface area is 275 Å². The summed E-state index contributed by atoms with van der Waals surface area (Å²) in [6.07, 6.45) is 0.640. The summed E-state index contributed by atoms with van der Waals surface area (Å²) in [5.74, 6) is -1.27. The third-order valence-corrected chi connectivity index (χ3v) is 7.58. The summed E-state index contributed by atoms with van der Waals surface area (Å²) in [5, 5.41) is 29.0. The van der Waals surface area contributed by atoms with Crippen LogP contribution in [0.5, 0.6) is 0 Å². The van der Waals surface area contributed by atoms with E-state index < -0.39 is 29.6 Å². The number of benzene rings is 2. The van der Waals surface area contributed by atoms with Crippen molar-refractivity contribution in [3.05, 3.63) is 95.3 Å². The maximum absolute atomic E-state index is 14.2. The van der Waals surface area contributed by atoms with E-state index in [9.17, 15) is 24.2 Å². The van der Waals surface area contributed by atoms with Crippen molar-refractivity contribution >= 4 is 18.0 Å². The molecule has 0 radical (unpaired) electrons. The van der Waals surface area contributed by atoms with Crippen LogP contribution >= 0.6 is 0 Å². The standard InChI is InChI=1S/C37H45FN4O5/c1-23(2)42-31(18-17-29(43)20-30(44)21-32(45)47-37(4,5)6)33(26-13-15-27(38)16-14-26)34(25-11-9-8-10-12-25)35(42)36(46)39-22-28-19-24(3)41(7)40-28/h8-19,23,29-30,43-44H,20-22H2,1-7H3,(H,39,46)/b18-17+/t29-,30-/m1/s1. The molecule has 9 nitrogen and oxygen atoms in total. The molecule has 0 bridgehead atoms. The molecule has 4 rings (SSSR count). The van der Waals surface area contributed by atoms with E-state index in [1.807, 2.05) is 68.8 Å². The largest absolute Gasteiger partial charge is 0.460 e. The monoisotopic (exact) mass is 644 g/mol. The molecule has 2 atom stereocenters. The Morgan fingerprint density at radius 1 is 1.02 bits per heavy atom. The number of esters is 1. The van der Waals surface area contributed by atoms with Crippen molar-refractivity contribution in [2.45, 2.75) is 84.8 Å². The maximum atomic E-state index is 14.2. The van der Waals surface area contributed by atoms with Crippen LogP contribution in [-0.4, -0.2) is 54.2 Å². The second-order valence-corrected chi connectivity index (χ2v) is 13.0. The molecular formula is C37H45FN4O5. The molecule has 0 unspecified atom stereocenters. The number of nitrogens with zero attached hydrogens (tertiary/aromatic N) is 3. The zero-order valence-corrected chi connectivity index (χ0v) is 28.1. The van der Waals surface area contributed by atoms with Gasteiger partial charge in [0, 0.05) is 42.0 Å². The molecule has 4 aromatic rings. The minimum atomic E-state index is -1.13. The van der Waals surface area contributed by atoms with Crippen molar-refractivity contribution in [3.8, 4) is 22.3 Å². The van der Waals surface area contributed by atoms with Crippen LogP contribution in [0.4, 0.5) is 4.39 Å². The van der Waals surface area contributed by atoms with Crippen molar-refractivity contribution in [1.29, 1.82) is 0 Å². The van der Waals surface area contributed by atoms with Gasteiger partial charge in [0.25, 0.3) is 5.91 Å². The predicted molar refractivity (Wildman–Crippen MR) is 181 cm³/mol. The molecule has 0 aliphatic rings. The first-order valence-electron chi connectivity index (χ1n) is 15.8. The van der Waals surface area contributed by atoms with Crippen molar-refractivity contribution in [1.82, 2.24) is 19.7 Å². The van der Waals surface area contributed by atoms with Crippen molar-refractivity contribution < 1.29 is 28.9 Å². The highest BCUT2D eigenvalue weighted by atomic mass is 19.1. The van der Waals surface area contributed by atoms with Crippen LogP contribution in [0.15, 0.2) is 66.7 Å². The molecule has 250 valence electrons. The number of carbonyl (C=O) groups is 2. The molecule has 0 spiro atoms. The lowest BCUT2D eigenvalue weighted by Gasteiger charge is -2.21. The van der Waals surface area contributed by atoms with Crippen LogP contribution in [0.3, 0.4) is 0 Å². The number of aromatic nitrogens is 3. The summed E-state index contributed by atoms with van der Waals surface area (Å²) >= 11 is 0. The Kier molecular flexibility index (Phi) is 11.2. The van der Waals surface area contributed by atoms with Crippen LogP contribution in [0.2, 0.25) is 0 Å². The van der Waals surface area contributed by atoms with E-state index in [0.29, 0.717) is 33.8 Å². The van der Waals surface area contributed by atoms with Crippen LogP contribution in [0.1, 0.15) is 81.1 Å². The van der Waals surface area contributed by atoms with Crippen molar-refractivity contribution in [3.63, 3.8) is 0 Å². The number of hydrogen-bond acceptors (Lipinski definition) is 6. The van der Waals surface area contributed by atoms with E-state index in [2.05, 4.69) is 10.4 Å². The predicted octanol–water partition coefficient (Wildman–Crippen LogP) is 6.37. The lowest BCUT2D eigenvalue weighted by Crippen LogP contribution is -2.27. The number of hydrogen-bond donors (Lipinski definition) is 3. The third kappa shape index (κ3) is 9.05. The number of nitrogens with one attached hydrogen (secondary N) is 1. The normalized spacial score (nSPS) is 13.3. The Morgan fingerprint density at radius 2 is 1.66 bits per heavy atom. The highest BCUT2D eigenvalue weighted by Gasteiger charge is 2.29. The summed E-state index contributed by atoms with van der Waals surface area (Å²) in [6, 6.07) is 17.3. The minimum absolute atomic E-state index is 0.105. The fourth-order valence-corrected chi connectivity index (χ4v) is 5.52. The van der Waals surface area contributed by atoms with E-state index in [1.54, 1.807) is 43.7 Å². The Bertz CT molecular complexity index is 1700. The van der Waals surface area contributed by atoms with Gasteiger partial charge in [0.2, 0.25) is 0 Å². The van der Waals surface area contributed by atoms with Gasteiger partial charge < -0.3 is 24.8 Å². The molecule has 2 aromatic heterocycles. The summed E-state index contributed by atoms with van der Waals surface area (Å²) in [7, 11) is 1.84. The fraction of sp³-hybridized carbons (Fsp3) is 0.378. The van der Waals surface area contributed by atoms with Gasteiger partial charge in [-0.05, 0) is 76.9 Å². The number of ether oxygens (including phenoxy) is 1. The first-order valence-corrected chi connectivity index (χ1v) is 15.8. The van der Waals surface area contributed by atoms with E-state index in [0.717, 1.165) is 11.3 Å². The van der Waals surface area contributed by atoms with Crippen LogP contribution in [-0.2, 0) is 23.1 Å². The van der Waals surface area contributed by atoms with Gasteiger partial charge in [0.15, 0.2) is 0 Å². The molecule has 0 saturated heterocycles. The summed E-state index contributed by atoms with van der Waals surface area (Å²) < 4.78 is 23.1. The molecule has 3 N–H and O–H groups in total. The van der Waals surface area contributed by atoms with Gasteiger partial charge in [-0.3, -0.25) is 14.3 Å². The van der Waals surface area contributed by atoms with Crippen molar-refractivity contribution in [2.24, 2.45) is 7.05 Å². The summed E-state index contributed by atoms with van der Waals surface area (Å²) in [4.78, 5) is 26.4. The minimum Gasteiger partial charge on any atom is -0.460 e. The molecule has 2 heterocycles. The molecule has 0 fully saturated rings. The quantitative estimate of drug-likeness (QED) is 0.154. The molecule has 10 heteroatoms. The first kappa shape index (κ1) is 35.3. The molecule has 0 aliphatic heterocycles. The average molecular weight is 645 g/mol. The number of aryl methyl sites for hydroxylation is 2. The Morgan fingerprint density at radius 3 is 2.23 bits per heavy atom. The molecule has 0 saturated carbocycles. The van der Waals surface area contributed by atoms with Gasteiger partial charge in [-0.2, -0.15) is 5.10 Å². The summed E-state index contributed by atoms with van der Waals surface area (Å²) in [5.41, 5.74) is 4.81. The second kappa shape index (κ2) is 14.9. The van der Waals surface area contributed by atoms with Crippen LogP contribution in [0.25, 0.3) is 28.3 Å². The van der Waals surface area contributed by atoms with E-state index >= 15 is 0 Å². The zero-order chi connectivity index (χ0) is 34.5. The fourth-order valence-electron chi connectivity index (χ4n) is 5.52. The smallest absolute Gasteiger partial charge is 0.308 e. The van der Waals surface area contributed by atoms with Gasteiger partial charge in [-0.1, -0.05) is 48.5 Å².